The number of rotatable bonds is 2. The van der Waals surface area contributed by atoms with Gasteiger partial charge in [-0.3, -0.25) is 0 Å². The summed E-state index contributed by atoms with van der Waals surface area (Å²) in [6.45, 7) is 2.29. The van der Waals surface area contributed by atoms with Crippen LogP contribution in [0.15, 0.2) is 18.2 Å². The molecule has 3 aliphatic carbocycles. The molecule has 0 radical (unpaired) electrons. The van der Waals surface area contributed by atoms with Crippen LogP contribution in [0.4, 0.5) is 0 Å². The molecular weight excluding hydrogens is 372 g/mol. The van der Waals surface area contributed by atoms with E-state index in [2.05, 4.69) is 13.0 Å². The molecular formula is C23H32O6. The van der Waals surface area contributed by atoms with Crippen molar-refractivity contribution in [3.8, 4) is 5.75 Å². The summed E-state index contributed by atoms with van der Waals surface area (Å²) in [4.78, 5) is 0. The minimum absolute atomic E-state index is 0.0169. The second kappa shape index (κ2) is 7.20. The molecule has 6 nitrogen and oxygen atoms in total. The zero-order chi connectivity index (χ0) is 20.3. The van der Waals surface area contributed by atoms with E-state index in [1.54, 1.807) is 0 Å². The van der Waals surface area contributed by atoms with E-state index in [0.717, 1.165) is 38.5 Å². The molecule has 1 aromatic rings. The first-order valence-electron chi connectivity index (χ1n) is 11.0. The van der Waals surface area contributed by atoms with Crippen molar-refractivity contribution in [2.75, 3.05) is 6.61 Å². The Morgan fingerprint density at radius 1 is 1.07 bits per heavy atom. The summed E-state index contributed by atoms with van der Waals surface area (Å²) in [7, 11) is 0. The zero-order valence-electron chi connectivity index (χ0n) is 16.9. The largest absolute Gasteiger partial charge is 0.508 e. The number of aryl methyl sites for hydroxylation is 1. The van der Waals surface area contributed by atoms with Crippen molar-refractivity contribution >= 4 is 0 Å². The second-order valence-corrected chi connectivity index (χ2v) is 9.80. The number of ether oxygens (including phenoxy) is 2. The SMILES string of the molecule is C[C@]12CC[C@@H]3c4ccc(O)cc4CC[C@H]3[C@@H]1CC[C@@H]2O[C@@H]1OC[C@@H](O)[C@H](O)[C@H]1O. The Morgan fingerprint density at radius 3 is 2.72 bits per heavy atom. The van der Waals surface area contributed by atoms with Crippen LogP contribution in [0.1, 0.15) is 56.1 Å². The first kappa shape index (κ1) is 19.8. The van der Waals surface area contributed by atoms with Crippen molar-refractivity contribution < 1.29 is 29.9 Å². The Balaban J connectivity index is 1.34. The van der Waals surface area contributed by atoms with Crippen LogP contribution in [0.2, 0.25) is 0 Å². The number of benzene rings is 1. The van der Waals surface area contributed by atoms with Gasteiger partial charge >= 0.3 is 0 Å². The fourth-order valence-corrected chi connectivity index (χ4v) is 6.81. The highest BCUT2D eigenvalue weighted by Crippen LogP contribution is 2.61. The van der Waals surface area contributed by atoms with Gasteiger partial charge in [0, 0.05) is 0 Å². The number of aliphatic hydroxyl groups excluding tert-OH is 3. The highest BCUT2D eigenvalue weighted by atomic mass is 16.7. The minimum atomic E-state index is -1.24. The molecule has 0 amide bonds. The van der Waals surface area contributed by atoms with Crippen LogP contribution in [-0.4, -0.2) is 57.7 Å². The fraction of sp³-hybridized carbons (Fsp3) is 0.739. The topological polar surface area (TPSA) is 99.4 Å². The lowest BCUT2D eigenvalue weighted by Crippen LogP contribution is -2.55. The predicted octanol–water partition coefficient (Wildman–Crippen LogP) is 2.07. The molecule has 29 heavy (non-hydrogen) atoms. The number of hydrogen-bond donors (Lipinski definition) is 4. The maximum atomic E-state index is 10.3. The van der Waals surface area contributed by atoms with E-state index in [0.29, 0.717) is 23.5 Å². The average molecular weight is 405 g/mol. The fourth-order valence-electron chi connectivity index (χ4n) is 6.81. The molecule has 1 aliphatic heterocycles. The summed E-state index contributed by atoms with van der Waals surface area (Å²) >= 11 is 0. The van der Waals surface area contributed by atoms with Gasteiger partial charge in [-0.15, -0.1) is 0 Å². The molecule has 0 bridgehead atoms. The number of phenols is 1. The molecule has 0 aromatic heterocycles. The van der Waals surface area contributed by atoms with Crippen LogP contribution in [0.3, 0.4) is 0 Å². The Morgan fingerprint density at radius 2 is 1.90 bits per heavy atom. The summed E-state index contributed by atoms with van der Waals surface area (Å²) in [5.41, 5.74) is 2.74. The third-order valence-corrected chi connectivity index (χ3v) is 8.38. The summed E-state index contributed by atoms with van der Waals surface area (Å²) in [5, 5.41) is 39.8. The van der Waals surface area contributed by atoms with Gasteiger partial charge in [-0.2, -0.15) is 0 Å². The first-order chi connectivity index (χ1) is 13.9. The third kappa shape index (κ3) is 3.12. The van der Waals surface area contributed by atoms with Gasteiger partial charge in [-0.1, -0.05) is 13.0 Å². The van der Waals surface area contributed by atoms with E-state index in [-0.39, 0.29) is 18.1 Å². The van der Waals surface area contributed by atoms with Crippen molar-refractivity contribution in [1.82, 2.24) is 0 Å². The molecule has 6 heteroatoms. The first-order valence-corrected chi connectivity index (χ1v) is 11.0. The number of hydrogen-bond acceptors (Lipinski definition) is 6. The molecule has 5 rings (SSSR count). The van der Waals surface area contributed by atoms with Crippen molar-refractivity contribution in [2.45, 2.75) is 82.1 Å². The summed E-state index contributed by atoms with van der Waals surface area (Å²) in [6, 6.07) is 5.87. The monoisotopic (exact) mass is 404 g/mol. The van der Waals surface area contributed by atoms with Crippen molar-refractivity contribution in [1.29, 1.82) is 0 Å². The normalized spacial score (nSPS) is 46.6. The number of phenolic OH excluding ortho intramolecular Hbond substituents is 1. The molecule has 0 unspecified atom stereocenters. The lowest BCUT2D eigenvalue weighted by Gasteiger charge is -2.51. The van der Waals surface area contributed by atoms with Crippen LogP contribution in [0.25, 0.3) is 0 Å². The maximum absolute atomic E-state index is 10.3. The van der Waals surface area contributed by atoms with Gasteiger partial charge in [0.15, 0.2) is 6.29 Å². The molecule has 4 aliphatic rings. The highest BCUT2D eigenvalue weighted by Gasteiger charge is 2.56. The highest BCUT2D eigenvalue weighted by molar-refractivity contribution is 5.40. The van der Waals surface area contributed by atoms with Crippen LogP contribution >= 0.6 is 0 Å². The maximum Gasteiger partial charge on any atom is 0.186 e. The molecule has 2 saturated carbocycles. The van der Waals surface area contributed by atoms with Gasteiger partial charge in [-0.25, -0.2) is 0 Å². The van der Waals surface area contributed by atoms with Crippen LogP contribution < -0.4 is 0 Å². The Kier molecular flexibility index (Phi) is 4.91. The van der Waals surface area contributed by atoms with Crippen LogP contribution in [0, 0.1) is 17.3 Å². The van der Waals surface area contributed by atoms with E-state index < -0.39 is 24.6 Å². The third-order valence-electron chi connectivity index (χ3n) is 8.38. The second-order valence-electron chi connectivity index (χ2n) is 9.80. The minimum Gasteiger partial charge on any atom is -0.508 e. The number of aliphatic hydroxyl groups is 3. The Labute approximate surface area is 171 Å². The quantitative estimate of drug-likeness (QED) is 0.602. The molecule has 1 aromatic carbocycles. The van der Waals surface area contributed by atoms with Crippen LogP contribution in [-0.2, 0) is 15.9 Å². The van der Waals surface area contributed by atoms with E-state index in [1.165, 1.54) is 11.1 Å². The van der Waals surface area contributed by atoms with Gasteiger partial charge < -0.3 is 29.9 Å². The molecule has 3 fully saturated rings. The van der Waals surface area contributed by atoms with Gasteiger partial charge in [-0.05, 0) is 85.0 Å². The molecule has 1 saturated heterocycles. The Hall–Kier alpha value is -1.18. The molecule has 0 spiro atoms. The summed E-state index contributed by atoms with van der Waals surface area (Å²) in [6.07, 6.45) is 1.89. The van der Waals surface area contributed by atoms with E-state index in [1.807, 2.05) is 12.1 Å². The average Bonchev–Trinajstić information content (AvgIpc) is 3.04. The lowest BCUT2D eigenvalue weighted by molar-refractivity contribution is -0.292. The van der Waals surface area contributed by atoms with Gasteiger partial charge in [0.1, 0.15) is 24.1 Å². The van der Waals surface area contributed by atoms with Crippen LogP contribution in [0.5, 0.6) is 5.75 Å². The molecule has 160 valence electrons. The van der Waals surface area contributed by atoms with Gasteiger partial charge in [0.25, 0.3) is 0 Å². The van der Waals surface area contributed by atoms with Crippen molar-refractivity contribution in [3.63, 3.8) is 0 Å². The standard InChI is InChI=1S/C23H32O6/c1-23-9-8-15-14-5-3-13(24)10-12(14)2-4-16(15)17(23)6-7-19(23)29-22-21(27)20(26)18(25)11-28-22/h3,5,10,15-22,24-27H,2,4,6-9,11H2,1H3/t15-,16-,17+,18-,19+,20+,21-,22+,23+/m1/s1. The number of aromatic hydroxyl groups is 1. The molecule has 9 atom stereocenters. The molecule has 4 N–H and O–H groups in total. The predicted molar refractivity (Wildman–Crippen MR) is 105 cm³/mol. The summed E-state index contributed by atoms with van der Waals surface area (Å²) < 4.78 is 11.8. The zero-order valence-corrected chi connectivity index (χ0v) is 16.9. The van der Waals surface area contributed by atoms with E-state index in [4.69, 9.17) is 9.47 Å². The smallest absolute Gasteiger partial charge is 0.186 e. The van der Waals surface area contributed by atoms with E-state index >= 15 is 0 Å². The number of fused-ring (bicyclic) bond motifs is 5. The summed E-state index contributed by atoms with van der Waals surface area (Å²) in [5.74, 6) is 2.08. The van der Waals surface area contributed by atoms with Crippen molar-refractivity contribution in [3.05, 3.63) is 29.3 Å². The van der Waals surface area contributed by atoms with Crippen molar-refractivity contribution in [2.24, 2.45) is 17.3 Å². The van der Waals surface area contributed by atoms with E-state index in [9.17, 15) is 20.4 Å². The van der Waals surface area contributed by atoms with Gasteiger partial charge in [0.05, 0.1) is 12.7 Å². The van der Waals surface area contributed by atoms with Gasteiger partial charge in [0.2, 0.25) is 0 Å². The Bertz CT molecular complexity index is 768. The molecule has 1 heterocycles. The lowest BCUT2D eigenvalue weighted by atomic mass is 9.55.